The van der Waals surface area contributed by atoms with Gasteiger partial charge in [-0.05, 0) is 60.8 Å². The lowest BCUT2D eigenvalue weighted by Crippen LogP contribution is -2.47. The highest BCUT2D eigenvalue weighted by atomic mass is 32.1. The molecule has 1 saturated heterocycles. The lowest BCUT2D eigenvalue weighted by atomic mass is 9.93. The Balaban J connectivity index is 1.59. The molecule has 2 aliphatic carbocycles. The Kier molecular flexibility index (Phi) is 2.02. The van der Waals surface area contributed by atoms with E-state index in [9.17, 15) is 9.59 Å². The zero-order chi connectivity index (χ0) is 14.2. The third-order valence-electron chi connectivity index (χ3n) is 5.18. The van der Waals surface area contributed by atoms with Crippen LogP contribution in [0.3, 0.4) is 0 Å². The number of carbonyl (C=O) groups excluding carboxylic acids is 2. The Morgan fingerprint density at radius 2 is 2.29 bits per heavy atom. The minimum atomic E-state index is -0.621. The van der Waals surface area contributed by atoms with Crippen molar-refractivity contribution in [1.82, 2.24) is 9.69 Å². The van der Waals surface area contributed by atoms with Crippen LogP contribution in [0, 0.1) is 11.8 Å². The van der Waals surface area contributed by atoms with E-state index in [1.165, 1.54) is 16.4 Å². The van der Waals surface area contributed by atoms with Crippen LogP contribution in [0.5, 0.6) is 0 Å². The van der Waals surface area contributed by atoms with Gasteiger partial charge in [-0.25, -0.2) is 9.69 Å². The van der Waals surface area contributed by atoms with Crippen molar-refractivity contribution in [2.45, 2.75) is 24.8 Å². The van der Waals surface area contributed by atoms with Gasteiger partial charge in [0.1, 0.15) is 5.54 Å². The summed E-state index contributed by atoms with van der Waals surface area (Å²) in [5, 5.41) is 4.02. The first kappa shape index (κ1) is 11.7. The maximum Gasteiger partial charge on any atom is 0.329 e. The molecule has 2 heterocycles. The van der Waals surface area contributed by atoms with E-state index in [0.717, 1.165) is 29.3 Å². The number of urea groups is 1. The standard InChI is InChI=1S/C15H13N3O2S/c19-13-15(4-3-8-5-11(8)15)17-14(20)18(13)10-2-1-9-7-16-21-12(9)6-10/h1-2,6-8,11H,3-5H2,(H,17,20). The summed E-state index contributed by atoms with van der Waals surface area (Å²) in [4.78, 5) is 26.6. The zero-order valence-electron chi connectivity index (χ0n) is 11.2. The van der Waals surface area contributed by atoms with Crippen LogP contribution in [-0.4, -0.2) is 21.9 Å². The second kappa shape index (κ2) is 3.62. The van der Waals surface area contributed by atoms with E-state index >= 15 is 0 Å². The van der Waals surface area contributed by atoms with Crippen LogP contribution < -0.4 is 10.2 Å². The maximum atomic E-state index is 12.9. The number of rotatable bonds is 1. The predicted molar refractivity (Wildman–Crippen MR) is 79.2 cm³/mol. The molecule has 1 spiro atoms. The van der Waals surface area contributed by atoms with Crippen molar-refractivity contribution in [3.05, 3.63) is 24.4 Å². The van der Waals surface area contributed by atoms with Gasteiger partial charge in [-0.3, -0.25) is 4.79 Å². The molecule has 0 bridgehead atoms. The number of aromatic nitrogens is 1. The summed E-state index contributed by atoms with van der Waals surface area (Å²) >= 11 is 1.38. The molecule has 3 amide bonds. The number of fused-ring (bicyclic) bond motifs is 3. The number of amides is 3. The Morgan fingerprint density at radius 1 is 1.38 bits per heavy atom. The van der Waals surface area contributed by atoms with E-state index in [1.807, 2.05) is 18.2 Å². The molecule has 0 radical (unpaired) electrons. The zero-order valence-corrected chi connectivity index (χ0v) is 12.0. The van der Waals surface area contributed by atoms with Crippen molar-refractivity contribution in [2.24, 2.45) is 11.8 Å². The number of hydrogen-bond acceptors (Lipinski definition) is 4. The summed E-state index contributed by atoms with van der Waals surface area (Å²) in [5.41, 5.74) is 0.0277. The van der Waals surface area contributed by atoms with Crippen LogP contribution in [0.25, 0.3) is 10.1 Å². The van der Waals surface area contributed by atoms with Crippen LogP contribution in [0.2, 0.25) is 0 Å². The third kappa shape index (κ3) is 1.38. The Bertz CT molecular complexity index is 801. The van der Waals surface area contributed by atoms with Gasteiger partial charge >= 0.3 is 6.03 Å². The monoisotopic (exact) mass is 299 g/mol. The average Bonchev–Trinajstić information content (AvgIpc) is 2.86. The number of nitrogens with zero attached hydrogens (tertiary/aromatic N) is 2. The lowest BCUT2D eigenvalue weighted by molar-refractivity contribution is -0.122. The van der Waals surface area contributed by atoms with E-state index < -0.39 is 5.54 Å². The number of nitrogens with one attached hydrogen (secondary N) is 1. The van der Waals surface area contributed by atoms with Crippen molar-refractivity contribution >= 4 is 39.2 Å². The van der Waals surface area contributed by atoms with E-state index in [4.69, 9.17) is 0 Å². The molecule has 21 heavy (non-hydrogen) atoms. The second-order valence-electron chi connectivity index (χ2n) is 6.23. The Morgan fingerprint density at radius 3 is 3.05 bits per heavy atom. The normalized spacial score (nSPS) is 33.8. The topological polar surface area (TPSA) is 62.3 Å². The summed E-state index contributed by atoms with van der Waals surface area (Å²) < 4.78 is 5.12. The first-order valence-electron chi connectivity index (χ1n) is 7.20. The lowest BCUT2D eigenvalue weighted by Gasteiger charge is -2.22. The maximum absolute atomic E-state index is 12.9. The summed E-state index contributed by atoms with van der Waals surface area (Å²) in [7, 11) is 0. The van der Waals surface area contributed by atoms with E-state index in [0.29, 0.717) is 17.5 Å². The van der Waals surface area contributed by atoms with Crippen molar-refractivity contribution in [3.8, 4) is 0 Å². The minimum Gasteiger partial charge on any atom is -0.322 e. The van der Waals surface area contributed by atoms with E-state index in [-0.39, 0.29) is 11.9 Å². The number of anilines is 1. The highest BCUT2D eigenvalue weighted by Crippen LogP contribution is 2.59. The molecule has 2 saturated carbocycles. The third-order valence-corrected chi connectivity index (χ3v) is 5.94. The summed E-state index contributed by atoms with van der Waals surface area (Å²) in [6.45, 7) is 0. The number of carbonyl (C=O) groups is 2. The van der Waals surface area contributed by atoms with Crippen LogP contribution >= 0.6 is 11.5 Å². The second-order valence-corrected chi connectivity index (χ2v) is 7.06. The molecule has 1 N–H and O–H groups in total. The first-order valence-corrected chi connectivity index (χ1v) is 7.97. The van der Waals surface area contributed by atoms with Crippen molar-refractivity contribution in [1.29, 1.82) is 0 Å². The number of imide groups is 1. The van der Waals surface area contributed by atoms with Gasteiger partial charge in [-0.1, -0.05) is 0 Å². The van der Waals surface area contributed by atoms with Gasteiger partial charge in [-0.15, -0.1) is 0 Å². The molecular weight excluding hydrogens is 286 g/mol. The fourth-order valence-electron chi connectivity index (χ4n) is 4.00. The van der Waals surface area contributed by atoms with Gasteiger partial charge < -0.3 is 5.32 Å². The quantitative estimate of drug-likeness (QED) is 0.823. The molecule has 1 aromatic carbocycles. The molecule has 3 fully saturated rings. The van der Waals surface area contributed by atoms with E-state index in [1.54, 1.807) is 6.20 Å². The largest absolute Gasteiger partial charge is 0.329 e. The molecule has 6 heteroatoms. The molecule has 3 unspecified atom stereocenters. The van der Waals surface area contributed by atoms with Crippen molar-refractivity contribution in [3.63, 3.8) is 0 Å². The highest BCUT2D eigenvalue weighted by molar-refractivity contribution is 7.13. The Hall–Kier alpha value is -1.95. The average molecular weight is 299 g/mol. The summed E-state index contributed by atoms with van der Waals surface area (Å²) in [5.74, 6) is 0.922. The van der Waals surface area contributed by atoms with Crippen LogP contribution in [0.4, 0.5) is 10.5 Å². The fraction of sp³-hybridized carbons (Fsp3) is 0.400. The first-order chi connectivity index (χ1) is 10.2. The van der Waals surface area contributed by atoms with Gasteiger partial charge in [0.25, 0.3) is 5.91 Å². The fourth-order valence-corrected chi connectivity index (χ4v) is 4.68. The van der Waals surface area contributed by atoms with Crippen LogP contribution in [0.15, 0.2) is 24.4 Å². The van der Waals surface area contributed by atoms with Gasteiger partial charge in [0, 0.05) is 11.6 Å². The molecule has 2 aromatic rings. The molecule has 5 nitrogen and oxygen atoms in total. The SMILES string of the molecule is O=C1NC2(CCC3CC32)C(=O)N1c1ccc2cnsc2c1. The summed E-state index contributed by atoms with van der Waals surface area (Å²) in [6.07, 6.45) is 4.71. The molecule has 3 aliphatic rings. The molecule has 106 valence electrons. The van der Waals surface area contributed by atoms with E-state index in [2.05, 4.69) is 9.69 Å². The number of hydrogen-bond donors (Lipinski definition) is 1. The van der Waals surface area contributed by atoms with Crippen molar-refractivity contribution < 1.29 is 9.59 Å². The van der Waals surface area contributed by atoms with Crippen LogP contribution in [0.1, 0.15) is 19.3 Å². The molecule has 1 aliphatic heterocycles. The molecule has 3 atom stereocenters. The summed E-state index contributed by atoms with van der Waals surface area (Å²) in [6, 6.07) is 5.33. The Labute approximate surface area is 125 Å². The van der Waals surface area contributed by atoms with Crippen LogP contribution in [-0.2, 0) is 4.79 Å². The smallest absolute Gasteiger partial charge is 0.322 e. The highest BCUT2D eigenvalue weighted by Gasteiger charge is 2.67. The van der Waals surface area contributed by atoms with Gasteiger partial charge in [0.2, 0.25) is 0 Å². The number of benzene rings is 1. The predicted octanol–water partition coefficient (Wildman–Crippen LogP) is 2.52. The molecule has 5 rings (SSSR count). The van der Waals surface area contributed by atoms with Gasteiger partial charge in [0.05, 0.1) is 10.4 Å². The minimum absolute atomic E-state index is 0.0682. The molecular formula is C15H13N3O2S. The molecule has 1 aromatic heterocycles. The van der Waals surface area contributed by atoms with Gasteiger partial charge in [-0.2, -0.15) is 4.37 Å². The van der Waals surface area contributed by atoms with Crippen molar-refractivity contribution in [2.75, 3.05) is 4.90 Å². The van der Waals surface area contributed by atoms with Gasteiger partial charge in [0.15, 0.2) is 0 Å².